The fourth-order valence-electron chi connectivity index (χ4n) is 2.16. The molecule has 0 spiro atoms. The van der Waals surface area contributed by atoms with Gasteiger partial charge < -0.3 is 21.3 Å². The molecular formula is C16H23ClN4O2S. The zero-order valence-electron chi connectivity index (χ0n) is 13.3. The lowest BCUT2D eigenvalue weighted by molar-refractivity contribution is -0.116. The van der Waals surface area contributed by atoms with Gasteiger partial charge in [0, 0.05) is 48.4 Å². The van der Waals surface area contributed by atoms with Crippen LogP contribution in [0.3, 0.4) is 0 Å². The van der Waals surface area contributed by atoms with E-state index in [4.69, 9.17) is 0 Å². The van der Waals surface area contributed by atoms with Gasteiger partial charge in [0.25, 0.3) is 0 Å². The molecule has 1 aliphatic heterocycles. The minimum Gasteiger partial charge on any atom is -0.334 e. The van der Waals surface area contributed by atoms with Gasteiger partial charge in [0.05, 0.1) is 0 Å². The number of halogens is 1. The third-order valence-corrected chi connectivity index (χ3v) is 4.39. The first-order valence-electron chi connectivity index (χ1n) is 7.54. The molecule has 1 heterocycles. The number of thioether (sulfide) groups is 1. The van der Waals surface area contributed by atoms with Crippen LogP contribution in [0.15, 0.2) is 36.9 Å². The summed E-state index contributed by atoms with van der Waals surface area (Å²) >= 11 is 1.87. The lowest BCUT2D eigenvalue weighted by Gasteiger charge is -2.22. The summed E-state index contributed by atoms with van der Waals surface area (Å²) in [5, 5.41) is 11.5. The molecule has 4 N–H and O–H groups in total. The molecule has 132 valence electrons. The van der Waals surface area contributed by atoms with Crippen LogP contribution in [-0.2, 0) is 4.79 Å². The highest BCUT2D eigenvalue weighted by Gasteiger charge is 2.16. The number of carbonyl (C=O) groups excluding carboxylic acids is 2. The van der Waals surface area contributed by atoms with E-state index >= 15 is 0 Å². The van der Waals surface area contributed by atoms with Crippen LogP contribution in [-0.4, -0.2) is 42.6 Å². The van der Waals surface area contributed by atoms with Crippen molar-refractivity contribution in [2.45, 2.75) is 12.5 Å². The highest BCUT2D eigenvalue weighted by atomic mass is 35.5. The number of benzene rings is 1. The van der Waals surface area contributed by atoms with Crippen LogP contribution in [0.5, 0.6) is 0 Å². The second-order valence-corrected chi connectivity index (χ2v) is 6.33. The SMILES string of the molecule is C=CCNC(=O)Nc1ccc(NC(=O)CC2CSCCN2)cc1.Cl. The quantitative estimate of drug-likeness (QED) is 0.580. The zero-order valence-corrected chi connectivity index (χ0v) is 15.0. The maximum Gasteiger partial charge on any atom is 0.319 e. The molecule has 8 heteroatoms. The molecule has 1 fully saturated rings. The molecule has 6 nitrogen and oxygen atoms in total. The Hall–Kier alpha value is -1.70. The van der Waals surface area contributed by atoms with Crippen LogP contribution >= 0.6 is 24.2 Å². The Kier molecular flexibility index (Phi) is 9.29. The summed E-state index contributed by atoms with van der Waals surface area (Å²) in [5.41, 5.74) is 1.38. The molecule has 0 aromatic heterocycles. The maximum absolute atomic E-state index is 12.0. The monoisotopic (exact) mass is 370 g/mol. The standard InChI is InChI=1S/C16H22N4O2S.ClH/c1-2-7-18-16(22)20-13-5-3-12(4-6-13)19-15(21)10-14-11-23-9-8-17-14;/h2-6,14,17H,1,7-11H2,(H,19,21)(H2,18,20,22);1H. The second kappa shape index (κ2) is 11.0. The van der Waals surface area contributed by atoms with Crippen molar-refractivity contribution in [3.05, 3.63) is 36.9 Å². The van der Waals surface area contributed by atoms with E-state index in [0.29, 0.717) is 18.7 Å². The number of urea groups is 1. The molecule has 1 aromatic carbocycles. The summed E-state index contributed by atoms with van der Waals surface area (Å²) in [6.07, 6.45) is 2.08. The van der Waals surface area contributed by atoms with E-state index in [0.717, 1.165) is 23.7 Å². The molecule has 0 bridgehead atoms. The minimum atomic E-state index is -0.289. The fraction of sp³-hybridized carbons (Fsp3) is 0.375. The van der Waals surface area contributed by atoms with Gasteiger partial charge in [-0.1, -0.05) is 6.08 Å². The third kappa shape index (κ3) is 7.25. The molecule has 0 saturated carbocycles. The van der Waals surface area contributed by atoms with Crippen molar-refractivity contribution in [2.75, 3.05) is 35.2 Å². The van der Waals surface area contributed by atoms with Crippen LogP contribution in [0, 0.1) is 0 Å². The summed E-state index contributed by atoms with van der Waals surface area (Å²) in [6.45, 7) is 4.90. The second-order valence-electron chi connectivity index (χ2n) is 5.18. The summed E-state index contributed by atoms with van der Waals surface area (Å²) in [6, 6.07) is 6.98. The maximum atomic E-state index is 12.0. The van der Waals surface area contributed by atoms with Crippen molar-refractivity contribution < 1.29 is 9.59 Å². The van der Waals surface area contributed by atoms with Crippen molar-refractivity contribution in [3.8, 4) is 0 Å². The van der Waals surface area contributed by atoms with Crippen LogP contribution in [0.25, 0.3) is 0 Å². The minimum absolute atomic E-state index is 0. The van der Waals surface area contributed by atoms with Gasteiger partial charge in [-0.3, -0.25) is 4.79 Å². The molecular weight excluding hydrogens is 348 g/mol. The molecule has 3 amide bonds. The third-order valence-electron chi connectivity index (χ3n) is 3.26. The fourth-order valence-corrected chi connectivity index (χ4v) is 3.11. The van der Waals surface area contributed by atoms with Gasteiger partial charge in [-0.05, 0) is 24.3 Å². The van der Waals surface area contributed by atoms with E-state index in [-0.39, 0.29) is 30.4 Å². The van der Waals surface area contributed by atoms with Gasteiger partial charge in [-0.15, -0.1) is 19.0 Å². The highest BCUT2D eigenvalue weighted by Crippen LogP contribution is 2.15. The highest BCUT2D eigenvalue weighted by molar-refractivity contribution is 7.99. The van der Waals surface area contributed by atoms with Crippen LogP contribution in [0.1, 0.15) is 6.42 Å². The van der Waals surface area contributed by atoms with Crippen molar-refractivity contribution in [1.82, 2.24) is 10.6 Å². The van der Waals surface area contributed by atoms with Crippen molar-refractivity contribution in [1.29, 1.82) is 0 Å². The van der Waals surface area contributed by atoms with Gasteiger partial charge >= 0.3 is 6.03 Å². The molecule has 1 unspecified atom stereocenters. The predicted molar refractivity (Wildman–Crippen MR) is 103 cm³/mol. The van der Waals surface area contributed by atoms with Gasteiger partial charge in [0.2, 0.25) is 5.91 Å². The molecule has 1 atom stereocenters. The van der Waals surface area contributed by atoms with Gasteiger partial charge in [-0.25, -0.2) is 4.79 Å². The number of hydrogen-bond donors (Lipinski definition) is 4. The molecule has 0 aliphatic carbocycles. The normalized spacial score (nSPS) is 16.4. The average molecular weight is 371 g/mol. The van der Waals surface area contributed by atoms with E-state index in [2.05, 4.69) is 27.8 Å². The topological polar surface area (TPSA) is 82.3 Å². The Morgan fingerprint density at radius 1 is 1.25 bits per heavy atom. The van der Waals surface area contributed by atoms with E-state index in [1.54, 1.807) is 30.3 Å². The molecule has 1 aromatic rings. The lowest BCUT2D eigenvalue weighted by Crippen LogP contribution is -2.39. The van der Waals surface area contributed by atoms with Crippen LogP contribution < -0.4 is 21.3 Å². The van der Waals surface area contributed by atoms with E-state index in [9.17, 15) is 9.59 Å². The summed E-state index contributed by atoms with van der Waals surface area (Å²) < 4.78 is 0. The molecule has 0 radical (unpaired) electrons. The van der Waals surface area contributed by atoms with Gasteiger partial charge in [-0.2, -0.15) is 11.8 Å². The summed E-state index contributed by atoms with van der Waals surface area (Å²) in [7, 11) is 0. The lowest BCUT2D eigenvalue weighted by atomic mass is 10.2. The van der Waals surface area contributed by atoms with Crippen molar-refractivity contribution >= 4 is 47.5 Å². The number of nitrogens with one attached hydrogen (secondary N) is 4. The Morgan fingerprint density at radius 3 is 2.50 bits per heavy atom. The van der Waals surface area contributed by atoms with Crippen molar-refractivity contribution in [2.24, 2.45) is 0 Å². The molecule has 24 heavy (non-hydrogen) atoms. The van der Waals surface area contributed by atoms with Crippen LogP contribution in [0.2, 0.25) is 0 Å². The van der Waals surface area contributed by atoms with Crippen LogP contribution in [0.4, 0.5) is 16.2 Å². The molecule has 1 saturated heterocycles. The largest absolute Gasteiger partial charge is 0.334 e. The summed E-state index contributed by atoms with van der Waals surface area (Å²) in [4.78, 5) is 23.5. The first-order chi connectivity index (χ1) is 11.2. The van der Waals surface area contributed by atoms with Crippen molar-refractivity contribution in [3.63, 3.8) is 0 Å². The van der Waals surface area contributed by atoms with E-state index < -0.39 is 0 Å². The van der Waals surface area contributed by atoms with E-state index in [1.807, 2.05) is 11.8 Å². The Morgan fingerprint density at radius 2 is 1.92 bits per heavy atom. The number of carbonyl (C=O) groups is 2. The molecule has 2 rings (SSSR count). The van der Waals surface area contributed by atoms with Gasteiger partial charge in [0.1, 0.15) is 0 Å². The average Bonchev–Trinajstić information content (AvgIpc) is 2.55. The predicted octanol–water partition coefficient (Wildman–Crippen LogP) is 2.45. The van der Waals surface area contributed by atoms with Gasteiger partial charge in [0.15, 0.2) is 0 Å². The van der Waals surface area contributed by atoms with E-state index in [1.165, 1.54) is 0 Å². The number of amides is 3. The number of anilines is 2. The Balaban J connectivity index is 0.00000288. The summed E-state index contributed by atoms with van der Waals surface area (Å²) in [5.74, 6) is 2.07. The molecule has 1 aliphatic rings. The first-order valence-corrected chi connectivity index (χ1v) is 8.69. The Labute approximate surface area is 152 Å². The number of hydrogen-bond acceptors (Lipinski definition) is 4. The Bertz CT molecular complexity index is 548. The number of rotatable bonds is 6. The first kappa shape index (κ1) is 20.3. The smallest absolute Gasteiger partial charge is 0.319 e. The zero-order chi connectivity index (χ0) is 16.5.